The highest BCUT2D eigenvalue weighted by Crippen LogP contribution is 2.41. The molecule has 0 radical (unpaired) electrons. The Balaban J connectivity index is 0.984. The average molecular weight is 762 g/mol. The molecule has 12 aromatic rings. The molecule has 0 unspecified atom stereocenters. The van der Waals surface area contributed by atoms with Crippen LogP contribution in [-0.4, -0.2) is 14.5 Å². The van der Waals surface area contributed by atoms with Crippen LogP contribution in [0.1, 0.15) is 0 Å². The number of fused-ring (bicyclic) bond motifs is 9. The van der Waals surface area contributed by atoms with Gasteiger partial charge in [0.05, 0.1) is 22.4 Å². The Hall–Kier alpha value is -6.92. The SMILES string of the molecule is c1ccc(-c2cc(-c3ccccc3)nc(-c3ccc4sc5ccc(-c6ccc7c(c6)c6ccccc6n7-c6ccc7sc8ccccc8c7c6)cc5c4c3)n2)cc1. The van der Waals surface area contributed by atoms with Crippen molar-refractivity contribution in [3.63, 3.8) is 0 Å². The van der Waals surface area contributed by atoms with Crippen LogP contribution in [0.15, 0.2) is 188 Å². The van der Waals surface area contributed by atoms with Gasteiger partial charge in [-0.05, 0) is 90.0 Å². The number of hydrogen-bond acceptors (Lipinski definition) is 4. The summed E-state index contributed by atoms with van der Waals surface area (Å²) in [5.74, 6) is 0.723. The van der Waals surface area contributed by atoms with Gasteiger partial charge >= 0.3 is 0 Å². The van der Waals surface area contributed by atoms with E-state index in [1.165, 1.54) is 79.0 Å². The second kappa shape index (κ2) is 12.8. The van der Waals surface area contributed by atoms with Crippen LogP contribution in [0.2, 0.25) is 0 Å². The average Bonchev–Trinajstić information content (AvgIpc) is 3.95. The van der Waals surface area contributed by atoms with Crippen LogP contribution in [0.5, 0.6) is 0 Å². The Morgan fingerprint density at radius 2 is 0.807 bits per heavy atom. The zero-order valence-corrected chi connectivity index (χ0v) is 32.2. The topological polar surface area (TPSA) is 30.7 Å². The number of thiophene rings is 2. The minimum absolute atomic E-state index is 0.723. The minimum atomic E-state index is 0.723. The molecule has 266 valence electrons. The highest BCUT2D eigenvalue weighted by atomic mass is 32.1. The van der Waals surface area contributed by atoms with Crippen molar-refractivity contribution in [2.75, 3.05) is 0 Å². The highest BCUT2D eigenvalue weighted by molar-refractivity contribution is 7.26. The van der Waals surface area contributed by atoms with E-state index in [4.69, 9.17) is 9.97 Å². The van der Waals surface area contributed by atoms with E-state index < -0.39 is 0 Å². The van der Waals surface area contributed by atoms with Crippen LogP contribution in [0, 0.1) is 0 Å². The second-order valence-electron chi connectivity index (χ2n) is 14.6. The van der Waals surface area contributed by atoms with Crippen LogP contribution in [0.3, 0.4) is 0 Å². The van der Waals surface area contributed by atoms with E-state index >= 15 is 0 Å². The molecule has 5 heteroatoms. The van der Waals surface area contributed by atoms with Gasteiger partial charge in [0, 0.05) is 73.5 Å². The van der Waals surface area contributed by atoms with E-state index in [9.17, 15) is 0 Å². The van der Waals surface area contributed by atoms with Crippen LogP contribution in [0.25, 0.3) is 113 Å². The Morgan fingerprint density at radius 1 is 0.316 bits per heavy atom. The van der Waals surface area contributed by atoms with Crippen molar-refractivity contribution in [2.45, 2.75) is 0 Å². The summed E-state index contributed by atoms with van der Waals surface area (Å²) >= 11 is 3.69. The molecule has 0 amide bonds. The third-order valence-electron chi connectivity index (χ3n) is 11.2. The molecule has 0 saturated heterocycles. The molecule has 12 rings (SSSR count). The fraction of sp³-hybridized carbons (Fsp3) is 0. The van der Waals surface area contributed by atoms with Gasteiger partial charge in [0.2, 0.25) is 0 Å². The summed E-state index contributed by atoms with van der Waals surface area (Å²) in [4.78, 5) is 10.3. The maximum atomic E-state index is 5.13. The fourth-order valence-electron chi connectivity index (χ4n) is 8.47. The Morgan fingerprint density at radius 3 is 1.51 bits per heavy atom. The summed E-state index contributed by atoms with van der Waals surface area (Å²) in [5.41, 5.74) is 11.0. The van der Waals surface area contributed by atoms with Crippen molar-refractivity contribution in [1.82, 2.24) is 14.5 Å². The van der Waals surface area contributed by atoms with E-state index in [1.807, 2.05) is 34.8 Å². The predicted octanol–water partition coefficient (Wildman–Crippen LogP) is 15.0. The number of rotatable bonds is 5. The van der Waals surface area contributed by atoms with E-state index in [0.717, 1.165) is 33.9 Å². The zero-order valence-electron chi connectivity index (χ0n) is 30.6. The van der Waals surface area contributed by atoms with Crippen molar-refractivity contribution in [3.8, 4) is 50.7 Å². The van der Waals surface area contributed by atoms with Crippen LogP contribution < -0.4 is 0 Å². The summed E-state index contributed by atoms with van der Waals surface area (Å²) < 4.78 is 7.59. The maximum Gasteiger partial charge on any atom is 0.160 e. The summed E-state index contributed by atoms with van der Waals surface area (Å²) in [6, 6.07) is 67.8. The largest absolute Gasteiger partial charge is 0.309 e. The molecule has 0 fully saturated rings. The third kappa shape index (κ3) is 5.31. The second-order valence-corrected chi connectivity index (χ2v) is 16.7. The lowest BCUT2D eigenvalue weighted by atomic mass is 10.00. The van der Waals surface area contributed by atoms with Gasteiger partial charge in [-0.2, -0.15) is 0 Å². The van der Waals surface area contributed by atoms with Gasteiger partial charge in [-0.25, -0.2) is 9.97 Å². The molecule has 0 aliphatic carbocycles. The van der Waals surface area contributed by atoms with Gasteiger partial charge in [-0.15, -0.1) is 22.7 Å². The Labute approximate surface area is 336 Å². The Bertz CT molecular complexity index is 3460. The lowest BCUT2D eigenvalue weighted by Gasteiger charge is -2.10. The zero-order chi connectivity index (χ0) is 37.5. The minimum Gasteiger partial charge on any atom is -0.309 e. The fourth-order valence-corrected chi connectivity index (χ4v) is 10.6. The molecule has 0 saturated carbocycles. The first-order valence-electron chi connectivity index (χ1n) is 19.1. The Kier molecular flexibility index (Phi) is 7.27. The standard InChI is InChI=1S/C52H31N3S2/c1-3-11-32(12-4-1)44-31-45(33-13-5-2-6-14-33)54-52(53-44)36-21-25-50-42(29-36)41-28-35(20-24-49(41)57-50)34-19-23-47-40(27-34)38-15-7-9-17-46(38)55(47)37-22-26-51-43(30-37)39-16-8-10-18-48(39)56-51/h1-31H. The first-order valence-corrected chi connectivity index (χ1v) is 20.8. The number of para-hydroxylation sites is 1. The first kappa shape index (κ1) is 32.3. The van der Waals surface area contributed by atoms with Crippen molar-refractivity contribution in [1.29, 1.82) is 0 Å². The number of hydrogen-bond donors (Lipinski definition) is 0. The van der Waals surface area contributed by atoms with Crippen LogP contribution in [-0.2, 0) is 0 Å². The number of benzene rings is 8. The van der Waals surface area contributed by atoms with Crippen LogP contribution >= 0.6 is 22.7 Å². The lowest BCUT2D eigenvalue weighted by molar-refractivity contribution is 1.18. The van der Waals surface area contributed by atoms with Gasteiger partial charge < -0.3 is 4.57 Å². The number of nitrogens with zero attached hydrogens (tertiary/aromatic N) is 3. The van der Waals surface area contributed by atoms with Gasteiger partial charge in [-0.3, -0.25) is 0 Å². The lowest BCUT2D eigenvalue weighted by Crippen LogP contribution is -1.95. The molecule has 4 aromatic heterocycles. The van der Waals surface area contributed by atoms with E-state index in [1.54, 1.807) is 0 Å². The molecule has 0 aliphatic heterocycles. The molecule has 3 nitrogen and oxygen atoms in total. The first-order chi connectivity index (χ1) is 28.2. The van der Waals surface area contributed by atoms with E-state index in [-0.39, 0.29) is 0 Å². The summed E-state index contributed by atoms with van der Waals surface area (Å²) in [6.45, 7) is 0. The van der Waals surface area contributed by atoms with E-state index in [2.05, 4.69) is 180 Å². The summed E-state index contributed by atoms with van der Waals surface area (Å²) in [5, 5.41) is 7.59. The molecule has 0 N–H and O–H groups in total. The summed E-state index contributed by atoms with van der Waals surface area (Å²) in [6.07, 6.45) is 0. The van der Waals surface area contributed by atoms with Crippen molar-refractivity contribution < 1.29 is 0 Å². The smallest absolute Gasteiger partial charge is 0.160 e. The van der Waals surface area contributed by atoms with E-state index in [0.29, 0.717) is 0 Å². The maximum absolute atomic E-state index is 5.13. The van der Waals surface area contributed by atoms with Crippen molar-refractivity contribution in [2.24, 2.45) is 0 Å². The van der Waals surface area contributed by atoms with Gasteiger partial charge in [-0.1, -0.05) is 109 Å². The molecule has 0 aliphatic rings. The van der Waals surface area contributed by atoms with Gasteiger partial charge in [0.15, 0.2) is 5.82 Å². The molecule has 57 heavy (non-hydrogen) atoms. The van der Waals surface area contributed by atoms with Crippen molar-refractivity contribution >= 4 is 84.8 Å². The summed E-state index contributed by atoms with van der Waals surface area (Å²) in [7, 11) is 0. The monoisotopic (exact) mass is 761 g/mol. The third-order valence-corrected chi connectivity index (χ3v) is 13.5. The molecular weight excluding hydrogens is 731 g/mol. The highest BCUT2D eigenvalue weighted by Gasteiger charge is 2.17. The molecule has 0 atom stereocenters. The van der Waals surface area contributed by atoms with Crippen molar-refractivity contribution in [3.05, 3.63) is 188 Å². The van der Waals surface area contributed by atoms with Crippen LogP contribution in [0.4, 0.5) is 0 Å². The predicted molar refractivity (Wildman–Crippen MR) is 244 cm³/mol. The van der Waals surface area contributed by atoms with Gasteiger partial charge in [0.1, 0.15) is 0 Å². The number of aromatic nitrogens is 3. The molecule has 0 spiro atoms. The quantitative estimate of drug-likeness (QED) is 0.175. The molecular formula is C52H31N3S2. The molecule has 4 heterocycles. The molecule has 0 bridgehead atoms. The normalized spacial score (nSPS) is 11.9. The molecule has 8 aromatic carbocycles. The van der Waals surface area contributed by atoms with Gasteiger partial charge in [0.25, 0.3) is 0 Å².